The molecule has 0 fully saturated rings. The van der Waals surface area contributed by atoms with Crippen molar-refractivity contribution < 1.29 is 42.6 Å². The van der Waals surface area contributed by atoms with Crippen molar-refractivity contribution in [3.63, 3.8) is 0 Å². The number of unbranched alkanes of at least 4 members (excludes halogenated alkanes) is 8. The third-order valence-electron chi connectivity index (χ3n) is 8.96. The fourth-order valence-corrected chi connectivity index (χ4v) is 5.90. The lowest BCUT2D eigenvalue weighted by Crippen LogP contribution is -2.50. The second kappa shape index (κ2) is 46.2. The van der Waals surface area contributed by atoms with Crippen LogP contribution in [-0.2, 0) is 9.13 Å². The summed E-state index contributed by atoms with van der Waals surface area (Å²) in [5, 5.41) is 11.4. The predicted molar refractivity (Wildman–Crippen MR) is 223 cm³/mol. The van der Waals surface area contributed by atoms with Crippen LogP contribution in [0.3, 0.4) is 0 Å². The van der Waals surface area contributed by atoms with E-state index in [0.29, 0.717) is 6.54 Å². The maximum atomic E-state index is 10.3. The minimum Gasteiger partial charge on any atom is -0.793 e. The number of nitrogens with zero attached hydrogens (tertiary/aromatic N) is 2. The third-order valence-corrected chi connectivity index (χ3v) is 10.5. The monoisotopic (exact) mass is 792 g/mol. The quantitative estimate of drug-likeness (QED) is 0.0467. The Morgan fingerprint density at radius 3 is 0.846 bits per heavy atom. The molecule has 0 rings (SSSR count). The molecule has 0 spiro atoms. The molecule has 0 aromatic heterocycles. The highest BCUT2D eigenvalue weighted by molar-refractivity contribution is 7.73. The molecule has 2 atom stereocenters. The normalized spacial score (nSPS) is 11.9. The molecule has 52 heavy (non-hydrogen) atoms. The number of carbonyl (C=O) groups is 2. The largest absolute Gasteiger partial charge is 0.793 e. The van der Waals surface area contributed by atoms with Gasteiger partial charge in [0.05, 0.1) is 52.4 Å². The number of carbonyl (C=O) groups excluding carboxylic acids is 2. The van der Waals surface area contributed by atoms with Gasteiger partial charge in [-0.05, 0) is 64.5 Å². The van der Waals surface area contributed by atoms with Gasteiger partial charge in [0.2, 0.25) is 0 Å². The molecule has 0 saturated heterocycles. The standard InChI is InChI=1S/2C16H36N.C3H8NO3P.C3H7NO2.H3N.H3O2P/c2*1-5-9-13-17(14-10-6-2,15-11-7-3)16-12-8-4;1-2-8(6,7)3(4)5;1-2-4-3(5)6;;1-3-2/h2*5-16H2,1-4H3;2H2,1H3,(H2,4,5)(H,6,7);4H,2H2,1H3,(H,5,6);1H3;3H2,(H,1,2)/q2*+1;;;;/p-2. The van der Waals surface area contributed by atoms with Crippen molar-refractivity contribution in [1.29, 1.82) is 0 Å². The fraction of sp³-hybridized carbons (Fsp3) is 0.947. The van der Waals surface area contributed by atoms with Crippen LogP contribution in [0.15, 0.2) is 0 Å². The molecule has 0 saturated carbocycles. The van der Waals surface area contributed by atoms with Crippen LogP contribution >= 0.6 is 16.1 Å². The first-order valence-electron chi connectivity index (χ1n) is 20.5. The number of quaternary nitrogens is 2. The van der Waals surface area contributed by atoms with Gasteiger partial charge < -0.3 is 50.4 Å². The van der Waals surface area contributed by atoms with Crippen molar-refractivity contribution in [2.75, 3.05) is 65.1 Å². The number of nitrogens with one attached hydrogen (secondary N) is 1. The van der Waals surface area contributed by atoms with E-state index in [-0.39, 0.29) is 12.3 Å². The maximum Gasteiger partial charge on any atom is 0.261 e. The minimum absolute atomic E-state index is 0. The number of primary amides is 1. The molecule has 12 nitrogen and oxygen atoms in total. The second-order valence-corrected chi connectivity index (χ2v) is 16.2. The molecule has 320 valence electrons. The van der Waals surface area contributed by atoms with Crippen molar-refractivity contribution in [3.05, 3.63) is 0 Å². The first kappa shape index (κ1) is 63.0. The lowest BCUT2D eigenvalue weighted by atomic mass is 10.1. The summed E-state index contributed by atoms with van der Waals surface area (Å²) in [4.78, 5) is 36.6. The number of hydrogen-bond acceptors (Lipinski definition) is 7. The van der Waals surface area contributed by atoms with Gasteiger partial charge in [-0.25, -0.2) is 0 Å². The van der Waals surface area contributed by atoms with Gasteiger partial charge >= 0.3 is 0 Å². The fourth-order valence-electron chi connectivity index (χ4n) is 5.59. The van der Waals surface area contributed by atoms with Gasteiger partial charge in [-0.2, -0.15) is 0 Å². The molecule has 2 amide bonds. The SMILES string of the molecule is CCCC[N+](CCCC)(CCCC)CCCC.CCCC[N+](CCCC)(CCCC)CCCC.CCNC(=O)[O-].CCP(=O)([O-])C(N)=O.N.O=[PH2]O. The topological polar surface area (TPSA) is 208 Å². The van der Waals surface area contributed by atoms with Crippen molar-refractivity contribution in [1.82, 2.24) is 11.5 Å². The molecule has 0 aromatic carbocycles. The summed E-state index contributed by atoms with van der Waals surface area (Å²) >= 11 is 0. The van der Waals surface area contributed by atoms with Crippen LogP contribution in [0.1, 0.15) is 172 Å². The highest BCUT2D eigenvalue weighted by Gasteiger charge is 2.25. The Morgan fingerprint density at radius 1 is 0.596 bits per heavy atom. The number of carboxylic acid groups (broad SMARTS) is 1. The average molecular weight is 792 g/mol. The lowest BCUT2D eigenvalue weighted by Gasteiger charge is -2.39. The molecule has 14 heteroatoms. The first-order valence-corrected chi connectivity index (χ1v) is 23.3. The van der Waals surface area contributed by atoms with E-state index < -0.39 is 27.8 Å². The smallest absolute Gasteiger partial charge is 0.261 e. The summed E-state index contributed by atoms with van der Waals surface area (Å²) < 4.78 is 21.7. The summed E-state index contributed by atoms with van der Waals surface area (Å²) in [5.74, 6) is 0. The minimum atomic E-state index is -3.86. The van der Waals surface area contributed by atoms with Crippen LogP contribution in [0.25, 0.3) is 0 Å². The molecule has 0 aliphatic heterocycles. The number of amides is 2. The highest BCUT2D eigenvalue weighted by atomic mass is 31.2. The van der Waals surface area contributed by atoms with Crippen LogP contribution in [0.5, 0.6) is 0 Å². The summed E-state index contributed by atoms with van der Waals surface area (Å²) in [6.07, 6.45) is 20.7. The molecular formula is C38H91N5O7P2. The highest BCUT2D eigenvalue weighted by Crippen LogP contribution is 2.33. The van der Waals surface area contributed by atoms with E-state index in [1.165, 1.54) is 171 Å². The van der Waals surface area contributed by atoms with Gasteiger partial charge in [-0.15, -0.1) is 0 Å². The van der Waals surface area contributed by atoms with Gasteiger partial charge in [0.15, 0.2) is 8.69 Å². The summed E-state index contributed by atoms with van der Waals surface area (Å²) in [7, 11) is -5.36. The van der Waals surface area contributed by atoms with E-state index in [2.05, 4.69) is 61.1 Å². The van der Waals surface area contributed by atoms with Crippen molar-refractivity contribution in [3.8, 4) is 0 Å². The van der Waals surface area contributed by atoms with E-state index in [1.807, 2.05) is 5.32 Å². The van der Waals surface area contributed by atoms with Crippen LogP contribution in [0, 0.1) is 0 Å². The Hall–Kier alpha value is -1.00. The first-order chi connectivity index (χ1) is 24.2. The Kier molecular flexibility index (Phi) is 55.9. The average Bonchev–Trinajstić information content (AvgIpc) is 3.11. The Labute approximate surface area is 324 Å². The zero-order valence-electron chi connectivity index (χ0n) is 36.0. The van der Waals surface area contributed by atoms with Crippen molar-refractivity contribution in [2.24, 2.45) is 5.73 Å². The summed E-state index contributed by atoms with van der Waals surface area (Å²) in [5.41, 5.74) is 3.24. The molecule has 0 bridgehead atoms. The van der Waals surface area contributed by atoms with E-state index in [9.17, 15) is 24.2 Å². The summed E-state index contributed by atoms with van der Waals surface area (Å²) in [6.45, 7) is 33.5. The molecule has 0 radical (unpaired) electrons. The molecule has 0 heterocycles. The molecule has 0 aliphatic rings. The number of nitrogens with two attached hydrogens (primary N) is 1. The van der Waals surface area contributed by atoms with Crippen molar-refractivity contribution in [2.45, 2.75) is 172 Å². The summed E-state index contributed by atoms with van der Waals surface area (Å²) in [6, 6.07) is 0. The van der Waals surface area contributed by atoms with Gasteiger partial charge in [0.25, 0.3) is 5.65 Å². The molecule has 0 aliphatic carbocycles. The Bertz CT molecular complexity index is 701. The van der Waals surface area contributed by atoms with Gasteiger partial charge in [0, 0.05) is 6.54 Å². The molecule has 0 aromatic rings. The lowest BCUT2D eigenvalue weighted by molar-refractivity contribution is -0.929. The Morgan fingerprint density at radius 2 is 0.788 bits per heavy atom. The van der Waals surface area contributed by atoms with E-state index in [1.54, 1.807) is 6.92 Å². The predicted octanol–water partition coefficient (Wildman–Crippen LogP) is 8.48. The third kappa shape index (κ3) is 43.4. The molecule has 2 unspecified atom stereocenters. The van der Waals surface area contributed by atoms with Crippen LogP contribution < -0.4 is 27.2 Å². The zero-order chi connectivity index (χ0) is 40.5. The van der Waals surface area contributed by atoms with Crippen LogP contribution in [-0.4, -0.2) is 90.7 Å². The van der Waals surface area contributed by atoms with Crippen LogP contribution in [0.4, 0.5) is 9.59 Å². The maximum absolute atomic E-state index is 10.3. The van der Waals surface area contributed by atoms with Gasteiger partial charge in [0.1, 0.15) is 13.5 Å². The molecular weight excluding hydrogens is 700 g/mol. The number of hydrogen-bond donors (Lipinski definition) is 4. The van der Waals surface area contributed by atoms with E-state index >= 15 is 0 Å². The second-order valence-electron chi connectivity index (χ2n) is 13.6. The molecule has 7 N–H and O–H groups in total. The zero-order valence-corrected chi connectivity index (χ0v) is 38.0. The van der Waals surface area contributed by atoms with E-state index in [0.717, 1.165) is 0 Å². The van der Waals surface area contributed by atoms with Gasteiger partial charge in [-0.1, -0.05) is 114 Å². The number of rotatable bonds is 27. The van der Waals surface area contributed by atoms with Gasteiger partial charge in [-0.3, -0.25) is 9.36 Å². The Balaban J connectivity index is -0.000000141. The van der Waals surface area contributed by atoms with E-state index in [4.69, 9.17) is 9.46 Å². The van der Waals surface area contributed by atoms with Crippen molar-refractivity contribution >= 4 is 27.8 Å². The van der Waals surface area contributed by atoms with Crippen LogP contribution in [0.2, 0.25) is 0 Å².